The average Bonchev–Trinajstić information content (AvgIpc) is 2.97. The summed E-state index contributed by atoms with van der Waals surface area (Å²) in [6.07, 6.45) is 0. The molecule has 0 spiro atoms. The normalized spacial score (nSPS) is 10.6. The molecule has 0 atom stereocenters. The topological polar surface area (TPSA) is 119 Å². The van der Waals surface area contributed by atoms with Gasteiger partial charge in [-0.1, -0.05) is 24.3 Å². The molecule has 0 fully saturated rings. The van der Waals surface area contributed by atoms with Gasteiger partial charge in [-0.05, 0) is 60.7 Å². The number of methoxy groups -OCH3 is 2. The van der Waals surface area contributed by atoms with Crippen molar-refractivity contribution in [3.63, 3.8) is 0 Å². The lowest BCUT2D eigenvalue weighted by Crippen LogP contribution is -2.17. The Morgan fingerprint density at radius 2 is 1.40 bits per heavy atom. The lowest BCUT2D eigenvalue weighted by atomic mass is 10.1. The molecule has 4 aromatic carbocycles. The van der Waals surface area contributed by atoms with E-state index in [1.807, 2.05) is 0 Å². The third-order valence-electron chi connectivity index (χ3n) is 6.09. The highest BCUT2D eigenvalue weighted by Gasteiger charge is 2.15. The van der Waals surface area contributed by atoms with Crippen LogP contribution in [0.4, 0.5) is 11.4 Å². The Morgan fingerprint density at radius 1 is 0.675 bits per heavy atom. The van der Waals surface area contributed by atoms with Gasteiger partial charge in [0.25, 0.3) is 11.8 Å². The number of hydrogen-bond acceptors (Lipinski definition) is 6. The van der Waals surface area contributed by atoms with E-state index in [0.29, 0.717) is 50.8 Å². The summed E-state index contributed by atoms with van der Waals surface area (Å²) in [5, 5.41) is 6.24. The van der Waals surface area contributed by atoms with Crippen molar-refractivity contribution < 1.29 is 23.8 Å². The molecule has 0 bridgehead atoms. The van der Waals surface area contributed by atoms with Crippen molar-refractivity contribution in [3.05, 3.63) is 119 Å². The van der Waals surface area contributed by atoms with Crippen LogP contribution in [-0.2, 0) is 0 Å². The number of H-pyrrole nitrogens is 1. The average molecular weight is 536 g/mol. The van der Waals surface area contributed by atoms with Crippen molar-refractivity contribution in [2.75, 3.05) is 24.9 Å². The lowest BCUT2D eigenvalue weighted by Gasteiger charge is -2.13. The SMILES string of the molecule is COc1ccc(Oc2cc(NC(=O)c3cccc(NC(=O)c4cc(=O)[nH]c5ccccc45)c3)ccc2OC)cc1. The molecule has 1 aromatic heterocycles. The number of fused-ring (bicyclic) bond motifs is 1. The molecule has 200 valence electrons. The minimum absolute atomic E-state index is 0.233. The minimum atomic E-state index is -0.463. The Bertz CT molecular complexity index is 1760. The number of para-hydroxylation sites is 1. The molecule has 0 saturated heterocycles. The summed E-state index contributed by atoms with van der Waals surface area (Å²) in [5.41, 5.74) is 1.62. The molecule has 0 aliphatic carbocycles. The fourth-order valence-corrected chi connectivity index (χ4v) is 4.14. The van der Waals surface area contributed by atoms with E-state index >= 15 is 0 Å². The number of aromatic amines is 1. The van der Waals surface area contributed by atoms with E-state index in [1.165, 1.54) is 13.2 Å². The van der Waals surface area contributed by atoms with Gasteiger partial charge in [-0.25, -0.2) is 0 Å². The molecule has 3 N–H and O–H groups in total. The Hall–Kier alpha value is -5.57. The van der Waals surface area contributed by atoms with Gasteiger partial charge < -0.3 is 29.8 Å². The number of aromatic nitrogens is 1. The maximum absolute atomic E-state index is 13.1. The summed E-state index contributed by atoms with van der Waals surface area (Å²) in [6.45, 7) is 0. The number of amides is 2. The maximum atomic E-state index is 13.1. The van der Waals surface area contributed by atoms with Gasteiger partial charge in [-0.15, -0.1) is 0 Å². The van der Waals surface area contributed by atoms with Gasteiger partial charge in [0.05, 0.1) is 19.8 Å². The molecule has 0 unspecified atom stereocenters. The van der Waals surface area contributed by atoms with Crippen molar-refractivity contribution in [1.29, 1.82) is 0 Å². The van der Waals surface area contributed by atoms with E-state index < -0.39 is 11.8 Å². The van der Waals surface area contributed by atoms with Crippen molar-refractivity contribution in [2.24, 2.45) is 0 Å². The summed E-state index contributed by atoms with van der Waals surface area (Å²) in [4.78, 5) is 40.9. The van der Waals surface area contributed by atoms with Crippen LogP contribution in [0.3, 0.4) is 0 Å². The predicted molar refractivity (Wildman–Crippen MR) is 153 cm³/mol. The first-order valence-electron chi connectivity index (χ1n) is 12.3. The van der Waals surface area contributed by atoms with Crippen LogP contribution < -0.4 is 30.4 Å². The highest BCUT2D eigenvalue weighted by atomic mass is 16.5. The van der Waals surface area contributed by atoms with Crippen LogP contribution in [0.25, 0.3) is 10.9 Å². The number of carbonyl (C=O) groups excluding carboxylic acids is 2. The van der Waals surface area contributed by atoms with Crippen LogP contribution in [0.15, 0.2) is 102 Å². The number of rotatable bonds is 8. The Morgan fingerprint density at radius 3 is 2.17 bits per heavy atom. The van der Waals surface area contributed by atoms with E-state index in [-0.39, 0.29) is 11.1 Å². The number of benzene rings is 4. The number of pyridine rings is 1. The molecule has 2 amide bonds. The lowest BCUT2D eigenvalue weighted by molar-refractivity contribution is 0.101. The van der Waals surface area contributed by atoms with Crippen molar-refractivity contribution in [1.82, 2.24) is 4.98 Å². The van der Waals surface area contributed by atoms with Gasteiger partial charge in [0.2, 0.25) is 5.56 Å². The van der Waals surface area contributed by atoms with Crippen LogP contribution in [0.2, 0.25) is 0 Å². The highest BCUT2D eigenvalue weighted by Crippen LogP contribution is 2.34. The zero-order chi connectivity index (χ0) is 28.1. The van der Waals surface area contributed by atoms with Crippen molar-refractivity contribution >= 4 is 34.1 Å². The number of anilines is 2. The van der Waals surface area contributed by atoms with E-state index in [1.54, 1.807) is 98.1 Å². The second-order valence-corrected chi connectivity index (χ2v) is 8.73. The predicted octanol–water partition coefficient (Wildman–Crippen LogP) is 5.84. The van der Waals surface area contributed by atoms with Gasteiger partial charge in [0, 0.05) is 40.0 Å². The Kier molecular flexibility index (Phi) is 7.45. The first-order chi connectivity index (χ1) is 19.4. The van der Waals surface area contributed by atoms with Crippen molar-refractivity contribution in [3.8, 4) is 23.0 Å². The zero-order valence-electron chi connectivity index (χ0n) is 21.7. The van der Waals surface area contributed by atoms with Gasteiger partial charge in [0.1, 0.15) is 11.5 Å². The number of nitrogens with one attached hydrogen (secondary N) is 3. The van der Waals surface area contributed by atoms with E-state index in [0.717, 1.165) is 0 Å². The van der Waals surface area contributed by atoms with Crippen LogP contribution in [0.1, 0.15) is 20.7 Å². The molecule has 0 radical (unpaired) electrons. The van der Waals surface area contributed by atoms with E-state index in [9.17, 15) is 14.4 Å². The van der Waals surface area contributed by atoms with Gasteiger partial charge in [0.15, 0.2) is 11.5 Å². The smallest absolute Gasteiger partial charge is 0.256 e. The molecule has 0 aliphatic heterocycles. The molecule has 40 heavy (non-hydrogen) atoms. The zero-order valence-corrected chi connectivity index (χ0v) is 21.7. The van der Waals surface area contributed by atoms with Crippen LogP contribution in [0.5, 0.6) is 23.0 Å². The summed E-state index contributed by atoms with van der Waals surface area (Å²) < 4.78 is 16.6. The van der Waals surface area contributed by atoms with Crippen LogP contribution in [0, 0.1) is 0 Å². The second kappa shape index (κ2) is 11.4. The molecule has 9 nitrogen and oxygen atoms in total. The second-order valence-electron chi connectivity index (χ2n) is 8.73. The maximum Gasteiger partial charge on any atom is 0.256 e. The quantitative estimate of drug-likeness (QED) is 0.230. The largest absolute Gasteiger partial charge is 0.497 e. The first-order valence-corrected chi connectivity index (χ1v) is 12.3. The molecule has 0 aliphatic rings. The van der Waals surface area contributed by atoms with E-state index in [4.69, 9.17) is 14.2 Å². The number of ether oxygens (including phenoxy) is 3. The molecule has 9 heteroatoms. The fourth-order valence-electron chi connectivity index (χ4n) is 4.14. The third kappa shape index (κ3) is 5.78. The number of carbonyl (C=O) groups is 2. The van der Waals surface area contributed by atoms with Gasteiger partial charge >= 0.3 is 0 Å². The summed E-state index contributed by atoms with van der Waals surface area (Å²) >= 11 is 0. The number of hydrogen-bond donors (Lipinski definition) is 3. The van der Waals surface area contributed by atoms with E-state index in [2.05, 4.69) is 15.6 Å². The Labute approximate surface area is 229 Å². The third-order valence-corrected chi connectivity index (χ3v) is 6.09. The van der Waals surface area contributed by atoms with Crippen LogP contribution >= 0.6 is 0 Å². The fraction of sp³-hybridized carbons (Fsp3) is 0.0645. The molecular weight excluding hydrogens is 510 g/mol. The molecular formula is C31H25N3O6. The molecule has 5 aromatic rings. The van der Waals surface area contributed by atoms with Gasteiger partial charge in [-0.2, -0.15) is 0 Å². The van der Waals surface area contributed by atoms with Crippen molar-refractivity contribution in [2.45, 2.75) is 0 Å². The summed E-state index contributed by atoms with van der Waals surface area (Å²) in [7, 11) is 3.12. The van der Waals surface area contributed by atoms with Crippen LogP contribution in [-0.4, -0.2) is 31.0 Å². The Balaban J connectivity index is 1.32. The molecule has 0 saturated carbocycles. The highest BCUT2D eigenvalue weighted by molar-refractivity contribution is 6.13. The standard InChI is InChI=1S/C31H25N3O6/c1-38-22-11-13-23(14-12-22)40-28-17-21(10-15-27(28)39-2)32-30(36)19-6-5-7-20(16-19)33-31(37)25-18-29(35)34-26-9-4-3-8-24(25)26/h3-18H,1-2H3,(H,32,36)(H,33,37)(H,34,35). The first kappa shape index (κ1) is 26.1. The summed E-state index contributed by atoms with van der Waals surface area (Å²) in [5.74, 6) is 1.32. The minimum Gasteiger partial charge on any atom is -0.497 e. The van der Waals surface area contributed by atoms with Gasteiger partial charge in [-0.3, -0.25) is 14.4 Å². The summed E-state index contributed by atoms with van der Waals surface area (Å²) in [6, 6.07) is 26.9. The molecule has 1 heterocycles. The monoisotopic (exact) mass is 535 g/mol. The molecule has 5 rings (SSSR count).